The quantitative estimate of drug-likeness (QED) is 0.456. The number of benzene rings is 1. The Morgan fingerprint density at radius 3 is 2.84 bits per heavy atom. The lowest BCUT2D eigenvalue weighted by atomic mass is 10.1. The molecule has 0 aliphatic carbocycles. The van der Waals surface area contributed by atoms with Crippen molar-refractivity contribution in [2.24, 2.45) is 0 Å². The molecule has 38 heavy (non-hydrogen) atoms. The summed E-state index contributed by atoms with van der Waals surface area (Å²) in [6.07, 6.45) is 7.41. The molecular formula is C28H32ClFN6O2. The number of carbonyl (C=O) groups is 2. The van der Waals surface area contributed by atoms with Crippen LogP contribution in [0.25, 0.3) is 11.0 Å². The van der Waals surface area contributed by atoms with E-state index in [4.69, 9.17) is 16.6 Å². The van der Waals surface area contributed by atoms with Crippen molar-refractivity contribution in [3.8, 4) is 0 Å². The summed E-state index contributed by atoms with van der Waals surface area (Å²) in [5.41, 5.74) is 2.65. The molecule has 0 spiro atoms. The third kappa shape index (κ3) is 5.89. The van der Waals surface area contributed by atoms with Crippen molar-refractivity contribution < 1.29 is 14.0 Å². The Bertz CT molecular complexity index is 1360. The van der Waals surface area contributed by atoms with E-state index in [1.165, 1.54) is 0 Å². The van der Waals surface area contributed by atoms with Gasteiger partial charge in [0.05, 0.1) is 22.1 Å². The molecule has 5 rings (SSSR count). The topological polar surface area (TPSA) is 83.4 Å². The van der Waals surface area contributed by atoms with E-state index < -0.39 is 6.17 Å². The number of nitrogens with one attached hydrogen (secondary N) is 1. The van der Waals surface area contributed by atoms with Crippen molar-refractivity contribution in [1.82, 2.24) is 24.3 Å². The third-order valence-electron chi connectivity index (χ3n) is 7.21. The molecule has 0 bridgehead atoms. The Labute approximate surface area is 226 Å². The highest BCUT2D eigenvalue weighted by atomic mass is 35.5. The highest BCUT2D eigenvalue weighted by molar-refractivity contribution is 6.35. The summed E-state index contributed by atoms with van der Waals surface area (Å²) in [5.74, 6) is 0.0450. The van der Waals surface area contributed by atoms with Gasteiger partial charge in [-0.3, -0.25) is 24.8 Å². The highest BCUT2D eigenvalue weighted by Crippen LogP contribution is 2.34. The molecule has 2 saturated heterocycles. The standard InChI is InChI=1S/C28H32ClFN6O2/c1-19-16-20(10-12-31-19)27(38)33-28-32-24-8-4-7-23(29)26(24)36(28)22-6-2-3-14-35(18-22)25(37)9-5-13-34-15-11-21(30)17-34/h4-5,7-10,12,16,21-22H,2-3,6,11,13-15,17-18H2,1H3,(H,32,33,38)/t21-,22-/m1/s1. The summed E-state index contributed by atoms with van der Waals surface area (Å²) in [6.45, 7) is 4.65. The molecule has 3 aromatic rings. The first-order chi connectivity index (χ1) is 18.4. The van der Waals surface area contributed by atoms with Crippen LogP contribution in [-0.4, -0.2) is 75.0 Å². The summed E-state index contributed by atoms with van der Waals surface area (Å²) >= 11 is 6.64. The average Bonchev–Trinajstić information content (AvgIpc) is 3.38. The first kappa shape index (κ1) is 26.3. The lowest BCUT2D eigenvalue weighted by Gasteiger charge is -2.26. The summed E-state index contributed by atoms with van der Waals surface area (Å²) in [4.78, 5) is 39.0. The number of halogens is 2. The number of aryl methyl sites for hydroxylation is 1. The molecule has 4 heterocycles. The number of nitrogens with zero attached hydrogens (tertiary/aromatic N) is 5. The number of rotatable bonds is 6. The molecule has 0 unspecified atom stereocenters. The van der Waals surface area contributed by atoms with Crippen LogP contribution in [0.15, 0.2) is 48.7 Å². The molecule has 0 radical (unpaired) electrons. The number of amides is 2. The van der Waals surface area contributed by atoms with E-state index >= 15 is 0 Å². The summed E-state index contributed by atoms with van der Waals surface area (Å²) < 4.78 is 15.4. The summed E-state index contributed by atoms with van der Waals surface area (Å²) in [6, 6.07) is 8.77. The van der Waals surface area contributed by atoms with E-state index in [2.05, 4.69) is 10.3 Å². The molecule has 1 N–H and O–H groups in total. The molecule has 0 saturated carbocycles. The number of aromatic nitrogens is 3. The van der Waals surface area contributed by atoms with Crippen LogP contribution in [0.1, 0.15) is 47.8 Å². The average molecular weight is 539 g/mol. The van der Waals surface area contributed by atoms with Crippen molar-refractivity contribution in [2.45, 2.75) is 44.8 Å². The van der Waals surface area contributed by atoms with Crippen LogP contribution in [0.4, 0.5) is 10.3 Å². The van der Waals surface area contributed by atoms with Gasteiger partial charge in [-0.15, -0.1) is 0 Å². The fraction of sp³-hybridized carbons (Fsp3) is 0.429. The van der Waals surface area contributed by atoms with Gasteiger partial charge in [0.25, 0.3) is 5.91 Å². The number of para-hydroxylation sites is 1. The van der Waals surface area contributed by atoms with Crippen LogP contribution in [0.3, 0.4) is 0 Å². The number of hydrogen-bond acceptors (Lipinski definition) is 5. The van der Waals surface area contributed by atoms with Crippen LogP contribution in [0, 0.1) is 6.92 Å². The molecular weight excluding hydrogens is 507 g/mol. The van der Waals surface area contributed by atoms with Crippen molar-refractivity contribution >= 4 is 40.4 Å². The minimum Gasteiger partial charge on any atom is -0.337 e. The predicted octanol–water partition coefficient (Wildman–Crippen LogP) is 4.80. The minimum absolute atomic E-state index is 0.0683. The van der Waals surface area contributed by atoms with Gasteiger partial charge in [0.1, 0.15) is 6.17 Å². The minimum atomic E-state index is -0.778. The zero-order valence-corrected chi connectivity index (χ0v) is 22.2. The number of alkyl halides is 1. The molecule has 2 atom stereocenters. The van der Waals surface area contributed by atoms with Gasteiger partial charge in [0.15, 0.2) is 0 Å². The molecule has 2 aromatic heterocycles. The van der Waals surface area contributed by atoms with Crippen LogP contribution in [0.5, 0.6) is 0 Å². The van der Waals surface area contributed by atoms with E-state index in [0.717, 1.165) is 30.5 Å². The first-order valence-electron chi connectivity index (χ1n) is 13.1. The maximum absolute atomic E-state index is 13.5. The number of carbonyl (C=O) groups excluding carboxylic acids is 2. The number of fused-ring (bicyclic) bond motifs is 1. The van der Waals surface area contributed by atoms with E-state index in [1.807, 2.05) is 45.6 Å². The number of anilines is 1. The number of pyridine rings is 1. The molecule has 1 aromatic carbocycles. The summed E-state index contributed by atoms with van der Waals surface area (Å²) in [7, 11) is 0. The van der Waals surface area contributed by atoms with E-state index in [0.29, 0.717) is 61.2 Å². The zero-order chi connectivity index (χ0) is 26.6. The Morgan fingerprint density at radius 1 is 1.18 bits per heavy atom. The molecule has 200 valence electrons. The van der Waals surface area contributed by atoms with Crippen LogP contribution >= 0.6 is 11.6 Å². The second-order valence-electron chi connectivity index (χ2n) is 10.0. The Hall–Kier alpha value is -3.30. The largest absolute Gasteiger partial charge is 0.337 e. The Morgan fingerprint density at radius 2 is 2.05 bits per heavy atom. The van der Waals surface area contributed by atoms with Gasteiger partial charge in [0, 0.05) is 56.3 Å². The van der Waals surface area contributed by atoms with Gasteiger partial charge >= 0.3 is 0 Å². The van der Waals surface area contributed by atoms with Crippen LogP contribution in [0.2, 0.25) is 5.02 Å². The Kier molecular flexibility index (Phi) is 8.04. The van der Waals surface area contributed by atoms with E-state index in [1.54, 1.807) is 24.4 Å². The molecule has 2 aliphatic heterocycles. The smallest absolute Gasteiger partial charge is 0.258 e. The van der Waals surface area contributed by atoms with Gasteiger partial charge in [-0.2, -0.15) is 0 Å². The third-order valence-corrected chi connectivity index (χ3v) is 7.51. The van der Waals surface area contributed by atoms with Crippen LogP contribution < -0.4 is 5.32 Å². The second kappa shape index (κ2) is 11.6. The summed E-state index contributed by atoms with van der Waals surface area (Å²) in [5, 5.41) is 3.51. The first-order valence-corrected chi connectivity index (χ1v) is 13.5. The number of likely N-dealkylation sites (tertiary alicyclic amines) is 2. The van der Waals surface area contributed by atoms with Crippen molar-refractivity contribution in [3.63, 3.8) is 0 Å². The normalized spacial score (nSPS) is 20.8. The molecule has 2 amide bonds. The zero-order valence-electron chi connectivity index (χ0n) is 21.4. The van der Waals surface area contributed by atoms with E-state index in [9.17, 15) is 14.0 Å². The SMILES string of the molecule is Cc1cc(C(=O)Nc2nc3cccc(Cl)c3n2[C@@H]2CCCCN(C(=O)C=CCN3CC[C@@H](F)C3)C2)ccn1. The van der Waals surface area contributed by atoms with Crippen molar-refractivity contribution in [2.75, 3.05) is 38.0 Å². The molecule has 2 fully saturated rings. The predicted molar refractivity (Wildman–Crippen MR) is 146 cm³/mol. The lowest BCUT2D eigenvalue weighted by molar-refractivity contribution is -0.126. The van der Waals surface area contributed by atoms with Crippen molar-refractivity contribution in [3.05, 3.63) is 65.0 Å². The number of hydrogen-bond donors (Lipinski definition) is 1. The van der Waals surface area contributed by atoms with E-state index in [-0.39, 0.29) is 17.9 Å². The van der Waals surface area contributed by atoms with Gasteiger partial charge in [-0.1, -0.05) is 23.7 Å². The van der Waals surface area contributed by atoms with Gasteiger partial charge in [-0.25, -0.2) is 9.37 Å². The lowest BCUT2D eigenvalue weighted by Crippen LogP contribution is -2.35. The molecule has 8 nitrogen and oxygen atoms in total. The number of imidazole rings is 1. The van der Waals surface area contributed by atoms with Crippen LogP contribution in [-0.2, 0) is 4.79 Å². The van der Waals surface area contributed by atoms with Crippen molar-refractivity contribution in [1.29, 1.82) is 0 Å². The maximum Gasteiger partial charge on any atom is 0.258 e. The van der Waals surface area contributed by atoms with Gasteiger partial charge < -0.3 is 9.47 Å². The Balaban J connectivity index is 1.39. The molecule has 2 aliphatic rings. The maximum atomic E-state index is 13.5. The highest BCUT2D eigenvalue weighted by Gasteiger charge is 2.28. The monoisotopic (exact) mass is 538 g/mol. The van der Waals surface area contributed by atoms with Gasteiger partial charge in [0.2, 0.25) is 11.9 Å². The van der Waals surface area contributed by atoms with Gasteiger partial charge in [-0.05, 0) is 56.9 Å². The second-order valence-corrected chi connectivity index (χ2v) is 10.4. The fourth-order valence-electron chi connectivity index (χ4n) is 5.30. The molecule has 10 heteroatoms. The fourth-order valence-corrected chi connectivity index (χ4v) is 5.56.